The molecule has 18 heavy (non-hydrogen) atoms. The first-order valence-electron chi connectivity index (χ1n) is 5.52. The number of alkyl halides is 1. The molecule has 0 bridgehead atoms. The second-order valence-corrected chi connectivity index (χ2v) is 5.46. The molecule has 0 spiro atoms. The van der Waals surface area contributed by atoms with Gasteiger partial charge in [-0.25, -0.2) is 4.98 Å². The Hall–Kier alpha value is -1.33. The summed E-state index contributed by atoms with van der Waals surface area (Å²) in [5.74, 6) is 0.589. The van der Waals surface area contributed by atoms with E-state index in [1.807, 2.05) is 12.3 Å². The van der Waals surface area contributed by atoms with E-state index in [2.05, 4.69) is 10.3 Å². The van der Waals surface area contributed by atoms with Crippen LogP contribution < -0.4 is 5.32 Å². The largest absolute Gasteiger partial charge is 0.454 e. The summed E-state index contributed by atoms with van der Waals surface area (Å²) >= 11 is 7.38. The first-order valence-corrected chi connectivity index (χ1v) is 6.83. The lowest BCUT2D eigenvalue weighted by molar-refractivity contribution is 0.0910. The summed E-state index contributed by atoms with van der Waals surface area (Å²) in [7, 11) is 0. The first-order chi connectivity index (χ1) is 8.58. The molecule has 2 heterocycles. The van der Waals surface area contributed by atoms with Crippen LogP contribution in [0.2, 0.25) is 0 Å². The van der Waals surface area contributed by atoms with Gasteiger partial charge in [-0.2, -0.15) is 0 Å². The second-order valence-electron chi connectivity index (χ2n) is 3.88. The zero-order valence-electron chi connectivity index (χ0n) is 10.0. The van der Waals surface area contributed by atoms with Crippen LogP contribution in [0.3, 0.4) is 0 Å². The Labute approximate surface area is 114 Å². The van der Waals surface area contributed by atoms with Crippen LogP contribution in [0.5, 0.6) is 0 Å². The fraction of sp³-hybridized carbons (Fsp3) is 0.333. The Morgan fingerprint density at radius 3 is 2.83 bits per heavy atom. The third kappa shape index (κ3) is 2.91. The lowest BCUT2D eigenvalue weighted by atomic mass is 10.3. The maximum absolute atomic E-state index is 11.9. The molecule has 2 atom stereocenters. The number of carbonyl (C=O) groups is 1. The number of nitrogens with one attached hydrogen (secondary N) is 1. The highest BCUT2D eigenvalue weighted by Crippen LogP contribution is 2.22. The zero-order valence-corrected chi connectivity index (χ0v) is 11.6. The van der Waals surface area contributed by atoms with Crippen molar-refractivity contribution < 1.29 is 9.21 Å². The molecule has 2 rings (SSSR count). The normalized spacial score (nSPS) is 14.2. The van der Waals surface area contributed by atoms with Gasteiger partial charge in [0, 0.05) is 11.6 Å². The quantitative estimate of drug-likeness (QED) is 0.874. The average molecular weight is 285 g/mol. The van der Waals surface area contributed by atoms with Crippen molar-refractivity contribution in [3.05, 3.63) is 40.2 Å². The third-order valence-corrected chi connectivity index (χ3v) is 3.59. The van der Waals surface area contributed by atoms with Gasteiger partial charge in [-0.1, -0.05) is 0 Å². The van der Waals surface area contributed by atoms with E-state index in [9.17, 15) is 4.79 Å². The smallest absolute Gasteiger partial charge is 0.287 e. The van der Waals surface area contributed by atoms with E-state index in [1.165, 1.54) is 11.3 Å². The van der Waals surface area contributed by atoms with Gasteiger partial charge in [0.05, 0.1) is 11.4 Å². The van der Waals surface area contributed by atoms with E-state index >= 15 is 0 Å². The van der Waals surface area contributed by atoms with E-state index in [4.69, 9.17) is 16.0 Å². The van der Waals surface area contributed by atoms with Crippen molar-refractivity contribution >= 4 is 28.8 Å². The molecule has 1 amide bonds. The third-order valence-electron chi connectivity index (χ3n) is 2.41. The van der Waals surface area contributed by atoms with Gasteiger partial charge in [0.1, 0.15) is 10.8 Å². The van der Waals surface area contributed by atoms with E-state index < -0.39 is 0 Å². The van der Waals surface area contributed by atoms with Crippen LogP contribution in [-0.4, -0.2) is 10.9 Å². The van der Waals surface area contributed by atoms with Crippen LogP contribution in [0, 0.1) is 0 Å². The summed E-state index contributed by atoms with van der Waals surface area (Å²) < 4.78 is 5.36. The van der Waals surface area contributed by atoms with Gasteiger partial charge < -0.3 is 9.73 Å². The van der Waals surface area contributed by atoms with E-state index in [-0.39, 0.29) is 23.1 Å². The fourth-order valence-electron chi connectivity index (χ4n) is 1.47. The molecule has 0 aliphatic heterocycles. The molecule has 2 unspecified atom stereocenters. The lowest BCUT2D eigenvalue weighted by Gasteiger charge is -2.09. The summed E-state index contributed by atoms with van der Waals surface area (Å²) in [5, 5.41) is 5.31. The molecule has 0 saturated carbocycles. The van der Waals surface area contributed by atoms with Crippen molar-refractivity contribution in [2.75, 3.05) is 0 Å². The van der Waals surface area contributed by atoms with Crippen LogP contribution in [-0.2, 0) is 0 Å². The van der Waals surface area contributed by atoms with Crippen molar-refractivity contribution in [3.8, 4) is 0 Å². The molecule has 0 aliphatic carbocycles. The van der Waals surface area contributed by atoms with Gasteiger partial charge in [-0.05, 0) is 26.0 Å². The number of thiazole rings is 1. The van der Waals surface area contributed by atoms with E-state index in [0.717, 1.165) is 5.01 Å². The number of carbonyl (C=O) groups excluding carboxylic acids is 1. The molecule has 0 fully saturated rings. The SMILES string of the molecule is CC(Cl)c1ccc(C(=O)NC(C)c2nccs2)o1. The van der Waals surface area contributed by atoms with Gasteiger partial charge in [-0.3, -0.25) is 4.79 Å². The van der Waals surface area contributed by atoms with Crippen molar-refractivity contribution in [1.29, 1.82) is 0 Å². The molecule has 6 heteroatoms. The van der Waals surface area contributed by atoms with Crippen molar-refractivity contribution in [2.24, 2.45) is 0 Å². The number of halogens is 1. The van der Waals surface area contributed by atoms with Gasteiger partial charge in [0.15, 0.2) is 5.76 Å². The lowest BCUT2D eigenvalue weighted by Crippen LogP contribution is -2.26. The number of rotatable bonds is 4. The van der Waals surface area contributed by atoms with Crippen LogP contribution in [0.1, 0.15) is 46.6 Å². The van der Waals surface area contributed by atoms with Crippen LogP contribution in [0.25, 0.3) is 0 Å². The highest BCUT2D eigenvalue weighted by Gasteiger charge is 2.17. The molecular weight excluding hydrogens is 272 g/mol. The Morgan fingerprint density at radius 1 is 1.50 bits per heavy atom. The molecule has 96 valence electrons. The molecule has 1 N–H and O–H groups in total. The Morgan fingerprint density at radius 2 is 2.28 bits per heavy atom. The molecule has 0 saturated heterocycles. The fourth-order valence-corrected chi connectivity index (χ4v) is 2.23. The van der Waals surface area contributed by atoms with Crippen LogP contribution in [0.4, 0.5) is 0 Å². The summed E-state index contributed by atoms with van der Waals surface area (Å²) in [4.78, 5) is 16.1. The summed E-state index contributed by atoms with van der Waals surface area (Å²) in [6.07, 6.45) is 1.71. The number of hydrogen-bond donors (Lipinski definition) is 1. The molecule has 4 nitrogen and oxygen atoms in total. The van der Waals surface area contributed by atoms with Crippen molar-refractivity contribution in [2.45, 2.75) is 25.3 Å². The van der Waals surface area contributed by atoms with Gasteiger partial charge in [-0.15, -0.1) is 22.9 Å². The maximum atomic E-state index is 11.9. The average Bonchev–Trinajstić information content (AvgIpc) is 3.00. The highest BCUT2D eigenvalue weighted by molar-refractivity contribution is 7.09. The predicted octanol–water partition coefficient (Wildman–Crippen LogP) is 3.53. The Balaban J connectivity index is 2.03. The Bertz CT molecular complexity index is 522. The summed E-state index contributed by atoms with van der Waals surface area (Å²) in [6, 6.07) is 3.19. The van der Waals surface area contributed by atoms with Crippen LogP contribution >= 0.6 is 22.9 Å². The molecule has 2 aromatic heterocycles. The number of furan rings is 1. The topological polar surface area (TPSA) is 55.1 Å². The number of nitrogens with zero attached hydrogens (tertiary/aromatic N) is 1. The zero-order chi connectivity index (χ0) is 13.1. The number of aromatic nitrogens is 1. The van der Waals surface area contributed by atoms with Crippen LogP contribution in [0.15, 0.2) is 28.1 Å². The minimum absolute atomic E-state index is 0.139. The monoisotopic (exact) mass is 284 g/mol. The number of amides is 1. The molecule has 2 aromatic rings. The summed E-state index contributed by atoms with van der Waals surface area (Å²) in [5.41, 5.74) is 0. The van der Waals surface area contributed by atoms with E-state index in [1.54, 1.807) is 25.3 Å². The van der Waals surface area contributed by atoms with Gasteiger partial charge in [0.2, 0.25) is 0 Å². The standard InChI is InChI=1S/C12H13ClN2O2S/c1-7(13)9-3-4-10(17-9)11(16)15-8(2)12-14-5-6-18-12/h3-8H,1-2H3,(H,15,16). The molecule has 0 aliphatic rings. The minimum Gasteiger partial charge on any atom is -0.454 e. The molecule has 0 aromatic carbocycles. The second kappa shape index (κ2) is 5.54. The number of hydrogen-bond acceptors (Lipinski definition) is 4. The van der Waals surface area contributed by atoms with Crippen molar-refractivity contribution in [1.82, 2.24) is 10.3 Å². The summed E-state index contributed by atoms with van der Waals surface area (Å²) in [6.45, 7) is 3.67. The molecule has 0 radical (unpaired) electrons. The van der Waals surface area contributed by atoms with Crippen molar-refractivity contribution in [3.63, 3.8) is 0 Å². The highest BCUT2D eigenvalue weighted by atomic mass is 35.5. The minimum atomic E-state index is -0.263. The van der Waals surface area contributed by atoms with E-state index in [0.29, 0.717) is 5.76 Å². The predicted molar refractivity (Wildman–Crippen MR) is 71.0 cm³/mol. The molecular formula is C12H13ClN2O2S. The first kappa shape index (κ1) is 13.1. The Kier molecular flexibility index (Phi) is 4.04. The van der Waals surface area contributed by atoms with Gasteiger partial charge >= 0.3 is 0 Å². The maximum Gasteiger partial charge on any atom is 0.287 e. The van der Waals surface area contributed by atoms with Gasteiger partial charge in [0.25, 0.3) is 5.91 Å².